The highest BCUT2D eigenvalue weighted by atomic mass is 19.1. The first-order valence-corrected chi connectivity index (χ1v) is 8.57. The Bertz CT molecular complexity index is 695. The zero-order valence-corrected chi connectivity index (χ0v) is 14.7. The molecule has 0 unspecified atom stereocenters. The van der Waals surface area contributed by atoms with Crippen LogP contribution in [0.25, 0.3) is 0 Å². The molecule has 25 heavy (non-hydrogen) atoms. The van der Waals surface area contributed by atoms with Crippen LogP contribution in [-0.2, 0) is 4.79 Å². The Balaban J connectivity index is 1.74. The van der Waals surface area contributed by atoms with Crippen LogP contribution in [0.5, 0.6) is 0 Å². The van der Waals surface area contributed by atoms with Gasteiger partial charge in [-0.3, -0.25) is 9.69 Å². The number of halogens is 1. The van der Waals surface area contributed by atoms with Gasteiger partial charge in [-0.25, -0.2) is 4.39 Å². The van der Waals surface area contributed by atoms with Crippen LogP contribution in [0.3, 0.4) is 0 Å². The summed E-state index contributed by atoms with van der Waals surface area (Å²) in [4.78, 5) is 18.9. The lowest BCUT2D eigenvalue weighted by Gasteiger charge is -2.40. The number of likely N-dealkylation sites (N-methyl/N-ethyl adjacent to an activating group) is 1. The number of anilines is 1. The van der Waals surface area contributed by atoms with E-state index >= 15 is 0 Å². The molecule has 0 bridgehead atoms. The summed E-state index contributed by atoms with van der Waals surface area (Å²) in [5.41, 5.74) is 2.05. The summed E-state index contributed by atoms with van der Waals surface area (Å²) in [6.45, 7) is 3.21. The number of rotatable bonds is 4. The number of amides is 1. The van der Waals surface area contributed by atoms with Crippen LogP contribution in [0.4, 0.5) is 10.1 Å². The van der Waals surface area contributed by atoms with Gasteiger partial charge in [-0.05, 0) is 29.8 Å². The summed E-state index contributed by atoms with van der Waals surface area (Å²) in [6, 6.07) is 16.3. The van der Waals surface area contributed by atoms with Crippen molar-refractivity contribution in [2.24, 2.45) is 0 Å². The lowest BCUT2D eigenvalue weighted by Crippen LogP contribution is -2.51. The largest absolute Gasteiger partial charge is 0.369 e. The van der Waals surface area contributed by atoms with E-state index < -0.39 is 0 Å². The van der Waals surface area contributed by atoms with Crippen molar-refractivity contribution in [3.8, 4) is 0 Å². The number of carbonyl (C=O) groups excluding carboxylic acids is 1. The number of piperazine rings is 1. The minimum Gasteiger partial charge on any atom is -0.369 e. The first kappa shape index (κ1) is 17.4. The van der Waals surface area contributed by atoms with Crippen LogP contribution < -0.4 is 4.90 Å². The monoisotopic (exact) mass is 341 g/mol. The summed E-state index contributed by atoms with van der Waals surface area (Å²) < 4.78 is 13.1. The Morgan fingerprint density at radius 3 is 2.12 bits per heavy atom. The second-order valence-electron chi connectivity index (χ2n) is 6.55. The Morgan fingerprint density at radius 1 is 0.960 bits per heavy atom. The van der Waals surface area contributed by atoms with Crippen molar-refractivity contribution >= 4 is 11.6 Å². The van der Waals surface area contributed by atoms with E-state index in [0.29, 0.717) is 0 Å². The van der Waals surface area contributed by atoms with Gasteiger partial charge in [0, 0.05) is 46.0 Å². The Morgan fingerprint density at radius 2 is 1.56 bits per heavy atom. The minimum atomic E-state index is -0.258. The predicted molar refractivity (Wildman–Crippen MR) is 98.1 cm³/mol. The van der Waals surface area contributed by atoms with Gasteiger partial charge in [0.05, 0.1) is 0 Å². The smallest absolute Gasteiger partial charge is 0.244 e. The zero-order valence-electron chi connectivity index (χ0n) is 14.7. The molecule has 1 saturated heterocycles. The van der Waals surface area contributed by atoms with Crippen LogP contribution in [0.1, 0.15) is 11.6 Å². The van der Waals surface area contributed by atoms with Gasteiger partial charge in [0.1, 0.15) is 11.9 Å². The van der Waals surface area contributed by atoms with E-state index in [1.165, 1.54) is 12.1 Å². The molecule has 2 aromatic carbocycles. The molecule has 4 nitrogen and oxygen atoms in total. The molecular weight excluding hydrogens is 317 g/mol. The molecule has 0 spiro atoms. The normalized spacial score (nSPS) is 16.5. The van der Waals surface area contributed by atoms with Crippen molar-refractivity contribution in [1.82, 2.24) is 9.80 Å². The Hall–Kier alpha value is -2.40. The van der Waals surface area contributed by atoms with Gasteiger partial charge in [0.2, 0.25) is 5.91 Å². The third-order valence-corrected chi connectivity index (χ3v) is 4.66. The molecule has 0 N–H and O–H groups in total. The van der Waals surface area contributed by atoms with E-state index in [4.69, 9.17) is 0 Å². The summed E-state index contributed by atoms with van der Waals surface area (Å²) in [5.74, 6) is -0.121. The highest BCUT2D eigenvalue weighted by Crippen LogP contribution is 2.25. The average Bonchev–Trinajstić information content (AvgIpc) is 2.64. The highest BCUT2D eigenvalue weighted by molar-refractivity contribution is 5.83. The van der Waals surface area contributed by atoms with Crippen molar-refractivity contribution in [1.29, 1.82) is 0 Å². The quantitative estimate of drug-likeness (QED) is 0.856. The molecule has 1 aliphatic rings. The minimum absolute atomic E-state index is 0.0985. The average molecular weight is 341 g/mol. The molecule has 5 heteroatoms. The topological polar surface area (TPSA) is 26.8 Å². The Labute approximate surface area is 148 Å². The SMILES string of the molecule is CN(C)C(=O)[C@@H](c1ccccc1)N1CCN(c2ccc(F)cc2)CC1. The van der Waals surface area contributed by atoms with Crippen LogP contribution in [0.2, 0.25) is 0 Å². The van der Waals surface area contributed by atoms with E-state index in [1.807, 2.05) is 42.5 Å². The molecule has 1 heterocycles. The van der Waals surface area contributed by atoms with Crippen LogP contribution >= 0.6 is 0 Å². The van der Waals surface area contributed by atoms with Gasteiger partial charge >= 0.3 is 0 Å². The molecule has 0 radical (unpaired) electrons. The molecule has 2 aromatic rings. The van der Waals surface area contributed by atoms with Crippen molar-refractivity contribution in [2.45, 2.75) is 6.04 Å². The number of nitrogens with zero attached hydrogens (tertiary/aromatic N) is 3. The number of hydrogen-bond donors (Lipinski definition) is 0. The molecular formula is C20H24FN3O. The summed E-state index contributed by atoms with van der Waals surface area (Å²) >= 11 is 0. The van der Waals surface area contributed by atoms with Gasteiger partial charge < -0.3 is 9.80 Å². The van der Waals surface area contributed by atoms with Crippen molar-refractivity contribution in [3.63, 3.8) is 0 Å². The van der Waals surface area contributed by atoms with E-state index in [-0.39, 0.29) is 17.8 Å². The van der Waals surface area contributed by atoms with Gasteiger partial charge in [0.15, 0.2) is 0 Å². The molecule has 1 atom stereocenters. The molecule has 1 aliphatic heterocycles. The zero-order chi connectivity index (χ0) is 17.8. The molecule has 3 rings (SSSR count). The maximum absolute atomic E-state index is 13.1. The van der Waals surface area contributed by atoms with Gasteiger partial charge in [-0.2, -0.15) is 0 Å². The molecule has 132 valence electrons. The first-order valence-electron chi connectivity index (χ1n) is 8.57. The second-order valence-corrected chi connectivity index (χ2v) is 6.55. The number of hydrogen-bond acceptors (Lipinski definition) is 3. The van der Waals surface area contributed by atoms with E-state index in [9.17, 15) is 9.18 Å². The van der Waals surface area contributed by atoms with Crippen molar-refractivity contribution in [2.75, 3.05) is 45.2 Å². The lowest BCUT2D eigenvalue weighted by molar-refractivity contribution is -0.134. The molecule has 1 amide bonds. The molecule has 0 aromatic heterocycles. The lowest BCUT2D eigenvalue weighted by atomic mass is 10.0. The fourth-order valence-corrected chi connectivity index (χ4v) is 3.28. The maximum Gasteiger partial charge on any atom is 0.244 e. The van der Waals surface area contributed by atoms with E-state index in [1.54, 1.807) is 19.0 Å². The first-order chi connectivity index (χ1) is 12.1. The predicted octanol–water partition coefficient (Wildman–Crippen LogP) is 2.78. The van der Waals surface area contributed by atoms with Crippen LogP contribution in [0, 0.1) is 5.82 Å². The fourth-order valence-electron chi connectivity index (χ4n) is 3.28. The summed E-state index contributed by atoms with van der Waals surface area (Å²) in [5, 5.41) is 0. The summed E-state index contributed by atoms with van der Waals surface area (Å²) in [7, 11) is 3.60. The standard InChI is InChI=1S/C20H24FN3O/c1-22(2)20(25)19(16-6-4-3-5-7-16)24-14-12-23(13-15-24)18-10-8-17(21)9-11-18/h3-11,19H,12-15H2,1-2H3/t19-/m1/s1. The molecule has 1 fully saturated rings. The fraction of sp³-hybridized carbons (Fsp3) is 0.350. The van der Waals surface area contributed by atoms with Crippen LogP contribution in [0.15, 0.2) is 54.6 Å². The number of carbonyl (C=O) groups is 1. The molecule has 0 saturated carbocycles. The van der Waals surface area contributed by atoms with E-state index in [2.05, 4.69) is 9.80 Å². The van der Waals surface area contributed by atoms with Gasteiger partial charge in [0.25, 0.3) is 0 Å². The number of benzene rings is 2. The summed E-state index contributed by atoms with van der Waals surface area (Å²) in [6.07, 6.45) is 0. The second kappa shape index (κ2) is 7.66. The maximum atomic E-state index is 13.1. The third kappa shape index (κ3) is 3.99. The van der Waals surface area contributed by atoms with Gasteiger partial charge in [-0.1, -0.05) is 30.3 Å². The van der Waals surface area contributed by atoms with Crippen LogP contribution in [-0.4, -0.2) is 56.0 Å². The van der Waals surface area contributed by atoms with Gasteiger partial charge in [-0.15, -0.1) is 0 Å². The highest BCUT2D eigenvalue weighted by Gasteiger charge is 2.31. The van der Waals surface area contributed by atoms with E-state index in [0.717, 1.165) is 37.4 Å². The Kier molecular flexibility index (Phi) is 5.34. The van der Waals surface area contributed by atoms with Crippen molar-refractivity contribution < 1.29 is 9.18 Å². The van der Waals surface area contributed by atoms with Crippen molar-refractivity contribution in [3.05, 3.63) is 66.0 Å². The third-order valence-electron chi connectivity index (χ3n) is 4.66. The molecule has 0 aliphatic carbocycles.